The lowest BCUT2D eigenvalue weighted by Gasteiger charge is -2.62. The van der Waals surface area contributed by atoms with Gasteiger partial charge in [0.2, 0.25) is 0 Å². The Labute approximate surface area is 230 Å². The van der Waals surface area contributed by atoms with Crippen molar-refractivity contribution in [1.29, 1.82) is 0 Å². The number of hydrogen-bond acceptors (Lipinski definition) is 6. The molecule has 3 fully saturated rings. The zero-order valence-electron chi connectivity index (χ0n) is 22.3. The molecule has 1 heterocycles. The van der Waals surface area contributed by atoms with E-state index in [1.54, 1.807) is 24.4 Å². The molecule has 6 rings (SSSR count). The molecule has 39 heavy (non-hydrogen) atoms. The quantitative estimate of drug-likeness (QED) is 0.488. The summed E-state index contributed by atoms with van der Waals surface area (Å²) < 4.78 is 31.5. The van der Waals surface area contributed by atoms with Crippen LogP contribution >= 0.6 is 11.3 Å². The number of hydrogen-bond donors (Lipinski definition) is 2. The number of carbonyl (C=O) groups is 2. The molecule has 0 unspecified atom stereocenters. The number of rotatable bonds is 4. The molecule has 8 atom stereocenters. The highest BCUT2D eigenvalue weighted by Crippen LogP contribution is 2.72. The van der Waals surface area contributed by atoms with Gasteiger partial charge in [-0.25, -0.2) is 13.8 Å². The summed E-state index contributed by atoms with van der Waals surface area (Å²) >= 11 is 1.24. The van der Waals surface area contributed by atoms with Crippen molar-refractivity contribution in [1.82, 2.24) is 4.98 Å². The number of ketones is 2. The van der Waals surface area contributed by atoms with Gasteiger partial charge in [0.15, 0.2) is 17.2 Å². The highest BCUT2D eigenvalue weighted by molar-refractivity contribution is 7.09. The summed E-state index contributed by atoms with van der Waals surface area (Å²) in [6, 6.07) is 5.83. The number of allylic oxidation sites excluding steroid dienone is 4. The number of alkyl halides is 1. The van der Waals surface area contributed by atoms with Gasteiger partial charge in [-0.15, -0.1) is 11.3 Å². The van der Waals surface area contributed by atoms with Gasteiger partial charge < -0.3 is 10.2 Å². The Morgan fingerprint density at radius 2 is 1.97 bits per heavy atom. The van der Waals surface area contributed by atoms with Gasteiger partial charge in [0, 0.05) is 22.1 Å². The number of halogens is 2. The number of aliphatic hydroxyl groups excluding tert-OH is 1. The molecule has 1 aromatic carbocycles. The summed E-state index contributed by atoms with van der Waals surface area (Å²) in [7, 11) is 0. The standard InChI is InChI=1S/C31H33F2NO4S/c1-17-12-22-21-9-8-18-13-19(35)10-11-28(18,2)30(21,33)26(37)15-29(22,3)31(17,38)25-16-39-27(34-25)14-24(36)20-6-4-5-7-23(20)32/h4-7,10-11,13,16-17,21-22,26,37-38H,8-9,12,14-15H2,1-3H3/t17-,21+,22+,26+,28+,29+,30+,31+/m1/s1. The van der Waals surface area contributed by atoms with Gasteiger partial charge in [-0.1, -0.05) is 37.6 Å². The van der Waals surface area contributed by atoms with Crippen LogP contribution in [0.4, 0.5) is 8.78 Å². The van der Waals surface area contributed by atoms with Crippen LogP contribution in [0.15, 0.2) is 53.4 Å². The smallest absolute Gasteiger partial charge is 0.178 e. The van der Waals surface area contributed by atoms with Crippen molar-refractivity contribution in [3.8, 4) is 0 Å². The van der Waals surface area contributed by atoms with Crippen molar-refractivity contribution in [3.63, 3.8) is 0 Å². The summed E-state index contributed by atoms with van der Waals surface area (Å²) in [6.07, 6.45) is 4.76. The van der Waals surface area contributed by atoms with E-state index in [0.29, 0.717) is 30.0 Å². The van der Waals surface area contributed by atoms with Gasteiger partial charge in [-0.2, -0.15) is 0 Å². The SMILES string of the molecule is C[C@@H]1C[C@H]2[C@@H]3CCC4=CC(=O)C=C[C@]4(C)[C@@]3(F)[C@@H](O)C[C@]2(C)[C@@]1(O)c1csc(CC(=O)c2ccccc2F)n1. The lowest BCUT2D eigenvalue weighted by molar-refractivity contribution is -0.223. The van der Waals surface area contributed by atoms with Crippen molar-refractivity contribution in [2.45, 2.75) is 70.2 Å². The van der Waals surface area contributed by atoms with Gasteiger partial charge in [0.05, 0.1) is 23.8 Å². The molecule has 3 saturated carbocycles. The van der Waals surface area contributed by atoms with E-state index >= 15 is 4.39 Å². The third-order valence-corrected chi connectivity index (χ3v) is 11.5. The number of Topliss-reactive ketones (excluding diaryl/α,β-unsaturated/α-hetero) is 1. The van der Waals surface area contributed by atoms with Crippen LogP contribution in [0.5, 0.6) is 0 Å². The number of thiazole rings is 1. The van der Waals surface area contributed by atoms with Crippen LogP contribution in [0.25, 0.3) is 0 Å². The molecule has 0 spiro atoms. The second-order valence-corrected chi connectivity index (χ2v) is 13.3. The second kappa shape index (κ2) is 8.72. The van der Waals surface area contributed by atoms with Crippen LogP contribution in [0, 0.1) is 34.4 Å². The van der Waals surface area contributed by atoms with Crippen LogP contribution in [0.3, 0.4) is 0 Å². The van der Waals surface area contributed by atoms with Crippen LogP contribution in [0.1, 0.15) is 67.5 Å². The maximum absolute atomic E-state index is 17.4. The molecule has 4 aliphatic rings. The Balaban J connectivity index is 1.34. The zero-order chi connectivity index (χ0) is 28.0. The minimum atomic E-state index is -1.97. The molecule has 0 saturated heterocycles. The monoisotopic (exact) mass is 553 g/mol. The van der Waals surface area contributed by atoms with Crippen molar-refractivity contribution >= 4 is 22.9 Å². The second-order valence-electron chi connectivity index (χ2n) is 12.4. The molecule has 8 heteroatoms. The number of benzene rings is 1. The molecule has 0 amide bonds. The molecule has 4 aliphatic carbocycles. The van der Waals surface area contributed by atoms with Crippen LogP contribution in [-0.4, -0.2) is 38.5 Å². The van der Waals surface area contributed by atoms with Gasteiger partial charge in [-0.05, 0) is 68.7 Å². The number of aromatic nitrogens is 1. The summed E-state index contributed by atoms with van der Waals surface area (Å²) in [6.45, 7) is 5.65. The molecule has 206 valence electrons. The van der Waals surface area contributed by atoms with Gasteiger partial charge in [0.1, 0.15) is 16.4 Å². The number of fused-ring (bicyclic) bond motifs is 5. The fourth-order valence-corrected chi connectivity index (χ4v) is 9.42. The third kappa shape index (κ3) is 3.44. The first-order valence-electron chi connectivity index (χ1n) is 13.6. The van der Waals surface area contributed by atoms with Crippen LogP contribution < -0.4 is 0 Å². The van der Waals surface area contributed by atoms with E-state index in [-0.39, 0.29) is 36.0 Å². The van der Waals surface area contributed by atoms with Gasteiger partial charge >= 0.3 is 0 Å². The molecule has 0 bridgehead atoms. The highest BCUT2D eigenvalue weighted by atomic mass is 32.1. The third-order valence-electron chi connectivity index (χ3n) is 10.7. The molecular weight excluding hydrogens is 520 g/mol. The van der Waals surface area contributed by atoms with E-state index in [9.17, 15) is 24.2 Å². The molecule has 0 radical (unpaired) electrons. The van der Waals surface area contributed by atoms with Crippen molar-refractivity contribution in [2.75, 3.05) is 0 Å². The summed E-state index contributed by atoms with van der Waals surface area (Å²) in [5.74, 6) is -2.13. The number of carbonyl (C=O) groups excluding carboxylic acids is 2. The average Bonchev–Trinajstić information content (AvgIpc) is 3.43. The van der Waals surface area contributed by atoms with Gasteiger partial charge in [0.25, 0.3) is 0 Å². The summed E-state index contributed by atoms with van der Waals surface area (Å²) in [4.78, 5) is 29.5. The van der Waals surface area contributed by atoms with Crippen molar-refractivity contribution < 1.29 is 28.6 Å². The Morgan fingerprint density at radius 3 is 2.72 bits per heavy atom. The maximum atomic E-state index is 17.4. The van der Waals surface area contributed by atoms with E-state index in [1.807, 2.05) is 13.8 Å². The Kier molecular flexibility index (Phi) is 5.96. The lowest BCUT2D eigenvalue weighted by atomic mass is 9.44. The first kappa shape index (κ1) is 26.7. The van der Waals surface area contributed by atoms with Gasteiger partial charge in [-0.3, -0.25) is 9.59 Å². The van der Waals surface area contributed by atoms with Crippen molar-refractivity contribution in [2.24, 2.45) is 28.6 Å². The maximum Gasteiger partial charge on any atom is 0.178 e. The predicted molar refractivity (Wildman–Crippen MR) is 143 cm³/mol. The molecule has 1 aromatic heterocycles. The Bertz CT molecular complexity index is 1440. The minimum absolute atomic E-state index is 0.00147. The van der Waals surface area contributed by atoms with E-state index in [2.05, 4.69) is 4.98 Å². The normalized spacial score (nSPS) is 41.0. The molecule has 5 nitrogen and oxygen atoms in total. The first-order valence-corrected chi connectivity index (χ1v) is 14.5. The minimum Gasteiger partial charge on any atom is -0.390 e. The topological polar surface area (TPSA) is 87.5 Å². The van der Waals surface area contributed by atoms with E-state index in [0.717, 1.165) is 5.57 Å². The number of aliphatic hydroxyl groups is 2. The predicted octanol–water partition coefficient (Wildman–Crippen LogP) is 5.51. The van der Waals surface area contributed by atoms with E-state index in [4.69, 9.17) is 0 Å². The zero-order valence-corrected chi connectivity index (χ0v) is 23.1. The van der Waals surface area contributed by atoms with Crippen molar-refractivity contribution in [3.05, 3.63) is 75.5 Å². The van der Waals surface area contributed by atoms with Crippen LogP contribution in [-0.2, 0) is 16.8 Å². The Morgan fingerprint density at radius 1 is 1.23 bits per heavy atom. The van der Waals surface area contributed by atoms with Crippen LogP contribution in [0.2, 0.25) is 0 Å². The highest BCUT2D eigenvalue weighted by Gasteiger charge is 2.74. The largest absolute Gasteiger partial charge is 0.390 e. The molecular formula is C31H33F2NO4S. The van der Waals surface area contributed by atoms with E-state index < -0.39 is 45.7 Å². The summed E-state index contributed by atoms with van der Waals surface area (Å²) in [5.41, 5.74) is -4.21. The number of nitrogens with zero attached hydrogens (tertiary/aromatic N) is 1. The Hall–Kier alpha value is -2.55. The molecule has 2 N–H and O–H groups in total. The fraction of sp³-hybridized carbons (Fsp3) is 0.516. The first-order chi connectivity index (χ1) is 18.4. The molecule has 0 aliphatic heterocycles. The summed E-state index contributed by atoms with van der Waals surface area (Å²) in [5, 5.41) is 26.2. The lowest BCUT2D eigenvalue weighted by Crippen LogP contribution is -2.68. The molecule has 2 aromatic rings. The fourth-order valence-electron chi connectivity index (χ4n) is 8.58. The average molecular weight is 554 g/mol. The van der Waals surface area contributed by atoms with E-state index in [1.165, 1.54) is 41.7 Å².